The summed E-state index contributed by atoms with van der Waals surface area (Å²) in [6, 6.07) is 1.08. The van der Waals surface area contributed by atoms with Crippen LogP contribution in [0.4, 0.5) is 5.82 Å². The Morgan fingerprint density at radius 1 is 1.21 bits per heavy atom. The van der Waals surface area contributed by atoms with Crippen LogP contribution in [0.5, 0.6) is 0 Å². The Hall–Kier alpha value is -1.40. The van der Waals surface area contributed by atoms with Gasteiger partial charge in [-0.05, 0) is 46.5 Å². The van der Waals surface area contributed by atoms with E-state index >= 15 is 0 Å². The molecule has 0 bridgehead atoms. The van der Waals surface area contributed by atoms with Gasteiger partial charge in [-0.15, -0.1) is 0 Å². The van der Waals surface area contributed by atoms with E-state index in [2.05, 4.69) is 29.0 Å². The summed E-state index contributed by atoms with van der Waals surface area (Å²) in [5.74, 6) is 0.603. The highest BCUT2D eigenvalue weighted by Crippen LogP contribution is 2.22. The van der Waals surface area contributed by atoms with E-state index in [1.165, 1.54) is 0 Å². The fourth-order valence-corrected chi connectivity index (χ4v) is 4.03. The molecule has 1 N–H and O–H groups in total. The largest absolute Gasteiger partial charge is 0.375 e. The SMILES string of the molecule is CCn1ccnc(N2CCC(NC3C[C@@H](C)O[C@H](C)C3)CC2)c1=O. The van der Waals surface area contributed by atoms with Crippen molar-refractivity contribution in [2.24, 2.45) is 0 Å². The molecule has 3 heterocycles. The molecule has 3 rings (SSSR count). The van der Waals surface area contributed by atoms with E-state index in [0.29, 0.717) is 36.7 Å². The van der Waals surface area contributed by atoms with Gasteiger partial charge < -0.3 is 19.5 Å². The average molecular weight is 334 g/mol. The Morgan fingerprint density at radius 3 is 2.50 bits per heavy atom. The highest BCUT2D eigenvalue weighted by molar-refractivity contribution is 5.36. The molecule has 0 saturated carbocycles. The van der Waals surface area contributed by atoms with Crippen molar-refractivity contribution >= 4 is 5.82 Å². The quantitative estimate of drug-likeness (QED) is 0.909. The maximum absolute atomic E-state index is 12.4. The van der Waals surface area contributed by atoms with Gasteiger partial charge in [0.2, 0.25) is 0 Å². The van der Waals surface area contributed by atoms with Crippen LogP contribution < -0.4 is 15.8 Å². The van der Waals surface area contributed by atoms with Gasteiger partial charge in [0.25, 0.3) is 5.56 Å². The zero-order chi connectivity index (χ0) is 17.1. The molecule has 6 heteroatoms. The summed E-state index contributed by atoms with van der Waals surface area (Å²) >= 11 is 0. The standard InChI is InChI=1S/C18H30N4O2/c1-4-21-10-7-19-17(18(21)23)22-8-5-15(6-9-22)20-16-11-13(2)24-14(3)12-16/h7,10,13-16,20H,4-6,8-9,11-12H2,1-3H3/t13-,14-/m1/s1. The molecule has 1 aromatic heterocycles. The Bertz CT molecular complexity index is 585. The number of aryl methyl sites for hydroxylation is 1. The Morgan fingerprint density at radius 2 is 1.88 bits per heavy atom. The summed E-state index contributed by atoms with van der Waals surface area (Å²) in [4.78, 5) is 18.9. The van der Waals surface area contributed by atoms with Crippen molar-refractivity contribution < 1.29 is 4.74 Å². The van der Waals surface area contributed by atoms with Crippen LogP contribution in [0, 0.1) is 0 Å². The maximum atomic E-state index is 12.4. The van der Waals surface area contributed by atoms with Crippen molar-refractivity contribution in [3.63, 3.8) is 0 Å². The van der Waals surface area contributed by atoms with Gasteiger partial charge in [0.15, 0.2) is 5.82 Å². The highest BCUT2D eigenvalue weighted by Gasteiger charge is 2.28. The number of rotatable bonds is 4. The zero-order valence-electron chi connectivity index (χ0n) is 15.1. The minimum absolute atomic E-state index is 0.0264. The lowest BCUT2D eigenvalue weighted by molar-refractivity contribution is -0.0439. The smallest absolute Gasteiger partial charge is 0.293 e. The van der Waals surface area contributed by atoms with E-state index in [0.717, 1.165) is 38.8 Å². The number of ether oxygens (including phenoxy) is 1. The second kappa shape index (κ2) is 7.66. The molecular weight excluding hydrogens is 304 g/mol. The van der Waals surface area contributed by atoms with Crippen LogP contribution in [-0.2, 0) is 11.3 Å². The Kier molecular flexibility index (Phi) is 5.56. The lowest BCUT2D eigenvalue weighted by Crippen LogP contribution is -2.50. The summed E-state index contributed by atoms with van der Waals surface area (Å²) < 4.78 is 7.54. The predicted octanol–water partition coefficient (Wildman–Crippen LogP) is 1.78. The van der Waals surface area contributed by atoms with Crippen molar-refractivity contribution in [2.75, 3.05) is 18.0 Å². The fraction of sp³-hybridized carbons (Fsp3) is 0.778. The number of anilines is 1. The van der Waals surface area contributed by atoms with Gasteiger partial charge in [0, 0.05) is 44.1 Å². The first-order chi connectivity index (χ1) is 11.6. The number of nitrogens with zero attached hydrogens (tertiary/aromatic N) is 3. The van der Waals surface area contributed by atoms with E-state index in [4.69, 9.17) is 4.74 Å². The fourth-order valence-electron chi connectivity index (χ4n) is 4.03. The second-order valence-corrected chi connectivity index (χ2v) is 7.20. The molecule has 134 valence electrons. The first kappa shape index (κ1) is 17.4. The molecule has 0 aliphatic carbocycles. The molecule has 2 fully saturated rings. The van der Waals surface area contributed by atoms with Crippen LogP contribution in [0.2, 0.25) is 0 Å². The van der Waals surface area contributed by atoms with Crippen LogP contribution in [0.15, 0.2) is 17.2 Å². The maximum Gasteiger partial charge on any atom is 0.293 e. The van der Waals surface area contributed by atoms with Crippen LogP contribution in [0.25, 0.3) is 0 Å². The van der Waals surface area contributed by atoms with Crippen LogP contribution in [0.3, 0.4) is 0 Å². The van der Waals surface area contributed by atoms with E-state index in [1.54, 1.807) is 17.0 Å². The van der Waals surface area contributed by atoms with Crippen LogP contribution in [0.1, 0.15) is 46.5 Å². The summed E-state index contributed by atoms with van der Waals surface area (Å²) in [5.41, 5.74) is 0.0264. The van der Waals surface area contributed by atoms with Crippen molar-refractivity contribution in [2.45, 2.75) is 77.3 Å². The number of nitrogens with one attached hydrogen (secondary N) is 1. The molecule has 2 aliphatic rings. The van der Waals surface area contributed by atoms with Crippen molar-refractivity contribution in [1.82, 2.24) is 14.9 Å². The topological polar surface area (TPSA) is 59.4 Å². The second-order valence-electron chi connectivity index (χ2n) is 7.20. The highest BCUT2D eigenvalue weighted by atomic mass is 16.5. The van der Waals surface area contributed by atoms with Gasteiger partial charge >= 0.3 is 0 Å². The average Bonchev–Trinajstić information content (AvgIpc) is 2.55. The van der Waals surface area contributed by atoms with Gasteiger partial charge in [-0.2, -0.15) is 0 Å². The predicted molar refractivity (Wildman–Crippen MR) is 95.6 cm³/mol. The molecule has 6 nitrogen and oxygen atoms in total. The summed E-state index contributed by atoms with van der Waals surface area (Å²) in [5, 5.41) is 3.82. The number of hydrogen-bond donors (Lipinski definition) is 1. The van der Waals surface area contributed by atoms with Gasteiger partial charge in [-0.1, -0.05) is 0 Å². The summed E-state index contributed by atoms with van der Waals surface area (Å²) in [6.07, 6.45) is 8.46. The molecule has 2 saturated heterocycles. The molecule has 0 spiro atoms. The molecule has 0 unspecified atom stereocenters. The Labute approximate surface area is 144 Å². The molecule has 0 radical (unpaired) electrons. The minimum Gasteiger partial charge on any atom is -0.375 e. The third-order valence-electron chi connectivity index (χ3n) is 5.20. The normalized spacial score (nSPS) is 29.0. The summed E-state index contributed by atoms with van der Waals surface area (Å²) in [6.45, 7) is 8.77. The summed E-state index contributed by atoms with van der Waals surface area (Å²) in [7, 11) is 0. The van der Waals surface area contributed by atoms with Crippen molar-refractivity contribution in [3.05, 3.63) is 22.7 Å². The Balaban J connectivity index is 1.55. The third kappa shape index (κ3) is 3.98. The van der Waals surface area contributed by atoms with Gasteiger partial charge in [0.1, 0.15) is 0 Å². The third-order valence-corrected chi connectivity index (χ3v) is 5.20. The van der Waals surface area contributed by atoms with Crippen molar-refractivity contribution in [1.29, 1.82) is 0 Å². The van der Waals surface area contributed by atoms with Crippen molar-refractivity contribution in [3.8, 4) is 0 Å². The molecule has 24 heavy (non-hydrogen) atoms. The molecular formula is C18H30N4O2. The first-order valence-electron chi connectivity index (χ1n) is 9.28. The van der Waals surface area contributed by atoms with Gasteiger partial charge in [0.05, 0.1) is 12.2 Å². The minimum atomic E-state index is 0.0264. The number of piperidine rings is 1. The van der Waals surface area contributed by atoms with E-state index in [-0.39, 0.29) is 5.56 Å². The number of hydrogen-bond acceptors (Lipinski definition) is 5. The van der Waals surface area contributed by atoms with Crippen LogP contribution in [-0.4, -0.2) is 46.9 Å². The monoisotopic (exact) mass is 334 g/mol. The zero-order valence-corrected chi connectivity index (χ0v) is 15.1. The van der Waals surface area contributed by atoms with E-state index in [9.17, 15) is 4.79 Å². The molecule has 1 aromatic rings. The lowest BCUT2D eigenvalue weighted by atomic mass is 9.96. The van der Waals surface area contributed by atoms with E-state index in [1.807, 2.05) is 6.92 Å². The van der Waals surface area contributed by atoms with Gasteiger partial charge in [-0.3, -0.25) is 4.79 Å². The first-order valence-corrected chi connectivity index (χ1v) is 9.28. The molecule has 0 aromatic carbocycles. The molecule has 2 aliphatic heterocycles. The van der Waals surface area contributed by atoms with Gasteiger partial charge in [-0.25, -0.2) is 4.98 Å². The van der Waals surface area contributed by atoms with Crippen LogP contribution >= 0.6 is 0 Å². The molecule has 2 atom stereocenters. The number of aromatic nitrogens is 2. The molecule has 0 amide bonds. The van der Waals surface area contributed by atoms with E-state index < -0.39 is 0 Å². The lowest BCUT2D eigenvalue weighted by Gasteiger charge is -2.38.